The van der Waals surface area contributed by atoms with Gasteiger partial charge in [-0.1, -0.05) is 26.8 Å². The van der Waals surface area contributed by atoms with Crippen LogP contribution in [0.3, 0.4) is 0 Å². The van der Waals surface area contributed by atoms with Gasteiger partial charge in [-0.05, 0) is 23.5 Å². The lowest BCUT2D eigenvalue weighted by molar-refractivity contribution is -0.385. The highest BCUT2D eigenvalue weighted by atomic mass is 16.6. The molecule has 0 aromatic heterocycles. The molecular weight excluding hydrogens is 218 g/mol. The van der Waals surface area contributed by atoms with Gasteiger partial charge in [-0.3, -0.25) is 10.1 Å². The Hall–Kier alpha value is -1.42. The number of rotatable bonds is 5. The Morgan fingerprint density at radius 1 is 1.41 bits per heavy atom. The first-order valence-corrected chi connectivity index (χ1v) is 5.66. The topological polar surface area (TPSA) is 63.4 Å². The van der Waals surface area contributed by atoms with Crippen LogP contribution in [0.1, 0.15) is 31.9 Å². The minimum absolute atomic E-state index is 0.0811. The number of hydrogen-bond donors (Lipinski definition) is 1. The summed E-state index contributed by atoms with van der Waals surface area (Å²) in [5, 5.41) is 19.9. The van der Waals surface area contributed by atoms with Gasteiger partial charge in [-0.2, -0.15) is 0 Å². The van der Waals surface area contributed by atoms with Crippen LogP contribution in [0.15, 0.2) is 18.2 Å². The average Bonchev–Trinajstić information content (AvgIpc) is 2.26. The van der Waals surface area contributed by atoms with E-state index in [0.717, 1.165) is 23.5 Å². The van der Waals surface area contributed by atoms with Gasteiger partial charge in [0.2, 0.25) is 0 Å². The van der Waals surface area contributed by atoms with Gasteiger partial charge in [-0.15, -0.1) is 0 Å². The molecule has 0 bridgehead atoms. The molecule has 0 atom stereocenters. The smallest absolute Gasteiger partial charge is 0.269 e. The van der Waals surface area contributed by atoms with Crippen molar-refractivity contribution in [3.05, 3.63) is 45.4 Å². The normalized spacial score (nSPS) is 11.2. The first-order valence-electron chi connectivity index (χ1n) is 5.66. The Kier molecular flexibility index (Phi) is 4.63. The van der Waals surface area contributed by atoms with Crippen LogP contribution in [0, 0.1) is 22.0 Å². The van der Waals surface area contributed by atoms with Crippen LogP contribution in [0.2, 0.25) is 0 Å². The molecule has 0 heterocycles. The Labute approximate surface area is 101 Å². The number of nitro benzene ring substituents is 1. The third-order valence-electron chi connectivity index (χ3n) is 2.56. The second-order valence-electron chi connectivity index (χ2n) is 4.68. The third kappa shape index (κ3) is 3.82. The number of benzene rings is 1. The summed E-state index contributed by atoms with van der Waals surface area (Å²) in [5.41, 5.74) is 1.78. The quantitative estimate of drug-likeness (QED) is 0.631. The maximum atomic E-state index is 10.8. The fourth-order valence-electron chi connectivity index (χ4n) is 1.71. The van der Waals surface area contributed by atoms with E-state index in [1.54, 1.807) is 13.0 Å². The van der Waals surface area contributed by atoms with Gasteiger partial charge in [0.05, 0.1) is 11.5 Å². The van der Waals surface area contributed by atoms with Crippen molar-refractivity contribution in [1.29, 1.82) is 0 Å². The summed E-state index contributed by atoms with van der Waals surface area (Å²) in [6.07, 6.45) is 0.799. The molecule has 1 aromatic rings. The zero-order chi connectivity index (χ0) is 13.0. The van der Waals surface area contributed by atoms with E-state index < -0.39 is 4.92 Å². The largest absolute Gasteiger partial charge is 0.395 e. The van der Waals surface area contributed by atoms with E-state index in [4.69, 9.17) is 5.11 Å². The molecule has 0 saturated heterocycles. The number of nitrogens with zero attached hydrogens (tertiary/aromatic N) is 1. The van der Waals surface area contributed by atoms with Gasteiger partial charge < -0.3 is 5.11 Å². The maximum absolute atomic E-state index is 10.8. The minimum atomic E-state index is -0.391. The molecule has 1 radical (unpaired) electrons. The summed E-state index contributed by atoms with van der Waals surface area (Å²) in [7, 11) is 0. The molecule has 1 rings (SSSR count). The van der Waals surface area contributed by atoms with Crippen molar-refractivity contribution in [2.75, 3.05) is 6.61 Å². The summed E-state index contributed by atoms with van der Waals surface area (Å²) < 4.78 is 0. The summed E-state index contributed by atoms with van der Waals surface area (Å²) in [4.78, 5) is 10.4. The van der Waals surface area contributed by atoms with Crippen LogP contribution >= 0.6 is 0 Å². The molecular formula is C13H18NO3. The second kappa shape index (κ2) is 5.77. The van der Waals surface area contributed by atoms with Gasteiger partial charge in [0.25, 0.3) is 5.69 Å². The van der Waals surface area contributed by atoms with Crippen LogP contribution in [-0.4, -0.2) is 16.6 Å². The predicted molar refractivity (Wildman–Crippen MR) is 66.7 cm³/mol. The minimum Gasteiger partial charge on any atom is -0.395 e. The average molecular weight is 236 g/mol. The van der Waals surface area contributed by atoms with Crippen molar-refractivity contribution < 1.29 is 10.0 Å². The van der Waals surface area contributed by atoms with Gasteiger partial charge in [-0.25, -0.2) is 0 Å². The van der Waals surface area contributed by atoms with E-state index in [-0.39, 0.29) is 12.3 Å². The molecule has 4 heteroatoms. The Bertz CT molecular complexity index is 402. The van der Waals surface area contributed by atoms with Crippen molar-refractivity contribution >= 4 is 5.69 Å². The molecule has 93 valence electrons. The van der Waals surface area contributed by atoms with E-state index in [1.807, 2.05) is 6.07 Å². The molecule has 0 unspecified atom stereocenters. The van der Waals surface area contributed by atoms with Crippen molar-refractivity contribution in [1.82, 2.24) is 0 Å². The van der Waals surface area contributed by atoms with Crippen LogP contribution in [-0.2, 0) is 6.42 Å². The Morgan fingerprint density at radius 3 is 2.53 bits per heavy atom. The van der Waals surface area contributed by atoms with E-state index >= 15 is 0 Å². The molecule has 0 spiro atoms. The monoisotopic (exact) mass is 236 g/mol. The van der Waals surface area contributed by atoms with Crippen molar-refractivity contribution in [3.63, 3.8) is 0 Å². The van der Waals surface area contributed by atoms with Crippen LogP contribution in [0.4, 0.5) is 5.69 Å². The van der Waals surface area contributed by atoms with Crippen molar-refractivity contribution in [2.24, 2.45) is 5.92 Å². The molecule has 1 N–H and O–H groups in total. The van der Waals surface area contributed by atoms with E-state index in [9.17, 15) is 10.1 Å². The Balaban J connectivity index is 3.13. The van der Waals surface area contributed by atoms with Gasteiger partial charge in [0, 0.05) is 18.1 Å². The summed E-state index contributed by atoms with van der Waals surface area (Å²) >= 11 is 0. The molecule has 1 aromatic carbocycles. The van der Waals surface area contributed by atoms with E-state index in [2.05, 4.69) is 13.8 Å². The molecule has 17 heavy (non-hydrogen) atoms. The summed E-state index contributed by atoms with van der Waals surface area (Å²) in [6, 6.07) is 5.03. The number of non-ortho nitro benzene ring substituents is 1. The molecule has 0 amide bonds. The highest BCUT2D eigenvalue weighted by Crippen LogP contribution is 2.24. The zero-order valence-electron chi connectivity index (χ0n) is 10.4. The number of hydrogen-bond acceptors (Lipinski definition) is 3. The first-order chi connectivity index (χ1) is 7.93. The standard InChI is InChI=1S/C13H18NO3/c1-9(2)4-11-5-12(10(3)8-15)7-13(6-11)14(16)17/h5-7,9,15H,4,8H2,1-3H3. The molecule has 0 aliphatic carbocycles. The first kappa shape index (κ1) is 13.6. The Morgan fingerprint density at radius 2 is 2.06 bits per heavy atom. The lowest BCUT2D eigenvalue weighted by Gasteiger charge is -2.11. The molecule has 0 aliphatic heterocycles. The molecule has 0 saturated carbocycles. The number of aliphatic hydroxyl groups excluding tert-OH is 1. The molecule has 0 aliphatic rings. The van der Waals surface area contributed by atoms with Gasteiger partial charge >= 0.3 is 0 Å². The third-order valence-corrected chi connectivity index (χ3v) is 2.56. The zero-order valence-corrected chi connectivity index (χ0v) is 10.4. The van der Waals surface area contributed by atoms with Crippen LogP contribution in [0.5, 0.6) is 0 Å². The SMILES string of the molecule is C[C](CO)c1cc(CC(C)C)cc([N+](=O)[O-])c1. The van der Waals surface area contributed by atoms with E-state index in [1.165, 1.54) is 6.07 Å². The van der Waals surface area contributed by atoms with E-state index in [0.29, 0.717) is 5.92 Å². The second-order valence-corrected chi connectivity index (χ2v) is 4.68. The fourth-order valence-corrected chi connectivity index (χ4v) is 1.71. The predicted octanol–water partition coefficient (Wildman–Crippen LogP) is 2.73. The number of aliphatic hydroxyl groups is 1. The van der Waals surface area contributed by atoms with Crippen molar-refractivity contribution in [3.8, 4) is 0 Å². The summed E-state index contributed by atoms with van der Waals surface area (Å²) in [6.45, 7) is 5.84. The number of nitro groups is 1. The van der Waals surface area contributed by atoms with Crippen LogP contribution < -0.4 is 0 Å². The lowest BCUT2D eigenvalue weighted by atomic mass is 9.95. The van der Waals surface area contributed by atoms with Gasteiger partial charge in [0.1, 0.15) is 0 Å². The lowest BCUT2D eigenvalue weighted by Crippen LogP contribution is -2.04. The van der Waals surface area contributed by atoms with Gasteiger partial charge in [0.15, 0.2) is 0 Å². The van der Waals surface area contributed by atoms with Crippen LogP contribution in [0.25, 0.3) is 0 Å². The fraction of sp³-hybridized carbons (Fsp3) is 0.462. The highest BCUT2D eigenvalue weighted by Gasteiger charge is 2.14. The maximum Gasteiger partial charge on any atom is 0.269 e. The van der Waals surface area contributed by atoms with Crippen molar-refractivity contribution in [2.45, 2.75) is 27.2 Å². The molecule has 4 nitrogen and oxygen atoms in total. The molecule has 0 fully saturated rings. The summed E-state index contributed by atoms with van der Waals surface area (Å²) in [5.74, 6) is 1.19. The highest BCUT2D eigenvalue weighted by molar-refractivity contribution is 5.44.